The Hall–Kier alpha value is -0.130. The minimum Gasteiger partial charge on any atom is -0.395 e. The van der Waals surface area contributed by atoms with Gasteiger partial charge in [0.15, 0.2) is 0 Å². The van der Waals surface area contributed by atoms with Crippen LogP contribution in [0.2, 0.25) is 0 Å². The summed E-state index contributed by atoms with van der Waals surface area (Å²) in [6.07, 6.45) is 3.53. The molecule has 0 aromatic carbocycles. The highest BCUT2D eigenvalue weighted by Gasteiger charge is 2.28. The molecule has 78 valence electrons. The summed E-state index contributed by atoms with van der Waals surface area (Å²) in [6, 6.07) is 0.522. The lowest BCUT2D eigenvalue weighted by Crippen LogP contribution is -2.33. The first kappa shape index (κ1) is 10.9. The van der Waals surface area contributed by atoms with E-state index in [4.69, 9.17) is 5.11 Å². The summed E-state index contributed by atoms with van der Waals surface area (Å²) in [6.45, 7) is 1.27. The van der Waals surface area contributed by atoms with Gasteiger partial charge < -0.3 is 5.11 Å². The predicted octanol–water partition coefficient (Wildman–Crippen LogP) is -0.512. The molecule has 1 aliphatic carbocycles. The SMILES string of the molecule is CS(=O)(=O)CCN(CCO)C1CC1. The van der Waals surface area contributed by atoms with E-state index < -0.39 is 9.84 Å². The molecule has 4 nitrogen and oxygen atoms in total. The highest BCUT2D eigenvalue weighted by atomic mass is 32.2. The summed E-state index contributed by atoms with van der Waals surface area (Å²) in [5.41, 5.74) is 0. The van der Waals surface area contributed by atoms with Gasteiger partial charge in [-0.2, -0.15) is 0 Å². The zero-order valence-corrected chi connectivity index (χ0v) is 8.76. The van der Waals surface area contributed by atoms with Crippen LogP contribution in [0.3, 0.4) is 0 Å². The van der Waals surface area contributed by atoms with Crippen LogP contribution < -0.4 is 0 Å². The third kappa shape index (κ3) is 4.59. The van der Waals surface area contributed by atoms with Crippen LogP contribution in [0.1, 0.15) is 12.8 Å². The van der Waals surface area contributed by atoms with Crippen molar-refractivity contribution in [3.05, 3.63) is 0 Å². The zero-order chi connectivity index (χ0) is 9.90. The number of sulfone groups is 1. The molecule has 0 unspecified atom stereocenters. The summed E-state index contributed by atoms with van der Waals surface area (Å²) in [7, 11) is -2.87. The van der Waals surface area contributed by atoms with E-state index in [2.05, 4.69) is 4.90 Å². The lowest BCUT2D eigenvalue weighted by Gasteiger charge is -2.19. The number of nitrogens with zero attached hydrogens (tertiary/aromatic N) is 1. The summed E-state index contributed by atoms with van der Waals surface area (Å²) < 4.78 is 21.8. The lowest BCUT2D eigenvalue weighted by molar-refractivity contribution is 0.196. The van der Waals surface area contributed by atoms with Crippen LogP contribution in [0.25, 0.3) is 0 Å². The Labute approximate surface area is 79.5 Å². The number of aliphatic hydroxyl groups is 1. The van der Waals surface area contributed by atoms with Crippen LogP contribution in [0, 0.1) is 0 Å². The normalized spacial score (nSPS) is 18.1. The van der Waals surface area contributed by atoms with Crippen LogP contribution in [0.5, 0.6) is 0 Å². The summed E-state index contributed by atoms with van der Waals surface area (Å²) in [5.74, 6) is 0.198. The first-order chi connectivity index (χ1) is 6.03. The highest BCUT2D eigenvalue weighted by molar-refractivity contribution is 7.90. The summed E-state index contributed by atoms with van der Waals surface area (Å²) in [5, 5.41) is 8.75. The van der Waals surface area contributed by atoms with Gasteiger partial charge >= 0.3 is 0 Å². The van der Waals surface area contributed by atoms with E-state index in [-0.39, 0.29) is 12.4 Å². The van der Waals surface area contributed by atoms with Gasteiger partial charge in [-0.3, -0.25) is 4.90 Å². The van der Waals surface area contributed by atoms with Crippen LogP contribution in [-0.4, -0.2) is 56.2 Å². The monoisotopic (exact) mass is 207 g/mol. The largest absolute Gasteiger partial charge is 0.395 e. The van der Waals surface area contributed by atoms with E-state index in [1.807, 2.05) is 0 Å². The van der Waals surface area contributed by atoms with Crippen molar-refractivity contribution in [3.8, 4) is 0 Å². The molecule has 0 heterocycles. The molecule has 0 aromatic heterocycles. The van der Waals surface area contributed by atoms with Crippen molar-refractivity contribution in [2.45, 2.75) is 18.9 Å². The first-order valence-corrected chi connectivity index (χ1v) is 6.61. The molecule has 0 aliphatic heterocycles. The van der Waals surface area contributed by atoms with Crippen molar-refractivity contribution in [1.82, 2.24) is 4.90 Å². The quantitative estimate of drug-likeness (QED) is 0.637. The van der Waals surface area contributed by atoms with E-state index in [0.717, 1.165) is 12.8 Å². The number of hydrogen-bond acceptors (Lipinski definition) is 4. The minimum absolute atomic E-state index is 0.111. The predicted molar refractivity (Wildman–Crippen MR) is 51.4 cm³/mol. The van der Waals surface area contributed by atoms with E-state index in [9.17, 15) is 8.42 Å². The summed E-state index contributed by atoms with van der Waals surface area (Å²) >= 11 is 0. The molecule has 1 aliphatic rings. The average Bonchev–Trinajstić information content (AvgIpc) is 2.78. The molecule has 0 bridgehead atoms. The average molecular weight is 207 g/mol. The number of aliphatic hydroxyl groups excluding tert-OH is 1. The Morgan fingerprint density at radius 2 is 2.00 bits per heavy atom. The van der Waals surface area contributed by atoms with Gasteiger partial charge in [0.25, 0.3) is 0 Å². The third-order valence-electron chi connectivity index (χ3n) is 2.20. The smallest absolute Gasteiger partial charge is 0.148 e. The third-order valence-corrected chi connectivity index (χ3v) is 3.12. The fourth-order valence-electron chi connectivity index (χ4n) is 1.33. The Balaban J connectivity index is 2.30. The van der Waals surface area contributed by atoms with Crippen molar-refractivity contribution in [3.63, 3.8) is 0 Å². The van der Waals surface area contributed by atoms with E-state index in [0.29, 0.717) is 19.1 Å². The van der Waals surface area contributed by atoms with Gasteiger partial charge in [0, 0.05) is 25.4 Å². The van der Waals surface area contributed by atoms with Gasteiger partial charge in [0.2, 0.25) is 0 Å². The summed E-state index contributed by atoms with van der Waals surface area (Å²) in [4.78, 5) is 2.06. The molecule has 0 atom stereocenters. The van der Waals surface area contributed by atoms with Gasteiger partial charge in [0.1, 0.15) is 9.84 Å². The van der Waals surface area contributed by atoms with Crippen molar-refractivity contribution in [2.24, 2.45) is 0 Å². The van der Waals surface area contributed by atoms with Gasteiger partial charge in [-0.05, 0) is 12.8 Å². The Morgan fingerprint density at radius 3 is 2.38 bits per heavy atom. The molecule has 5 heteroatoms. The molecule has 1 fully saturated rings. The van der Waals surface area contributed by atoms with Crippen LogP contribution in [0.15, 0.2) is 0 Å². The molecule has 0 saturated heterocycles. The maximum atomic E-state index is 10.9. The topological polar surface area (TPSA) is 57.6 Å². The van der Waals surface area contributed by atoms with E-state index in [1.165, 1.54) is 6.26 Å². The maximum absolute atomic E-state index is 10.9. The van der Waals surface area contributed by atoms with Crippen LogP contribution >= 0.6 is 0 Å². The second-order valence-corrected chi connectivity index (χ2v) is 5.88. The minimum atomic E-state index is -2.87. The standard InChI is InChI=1S/C8H17NO3S/c1-13(11,12)7-5-9(4-6-10)8-2-3-8/h8,10H,2-7H2,1H3. The van der Waals surface area contributed by atoms with Crippen molar-refractivity contribution >= 4 is 9.84 Å². The molecule has 0 spiro atoms. The fraction of sp³-hybridized carbons (Fsp3) is 1.00. The van der Waals surface area contributed by atoms with Gasteiger partial charge in [-0.25, -0.2) is 8.42 Å². The molecular formula is C8H17NO3S. The molecule has 1 saturated carbocycles. The number of rotatable bonds is 6. The lowest BCUT2D eigenvalue weighted by atomic mass is 10.4. The second kappa shape index (κ2) is 4.39. The van der Waals surface area contributed by atoms with E-state index >= 15 is 0 Å². The Morgan fingerprint density at radius 1 is 1.38 bits per heavy atom. The van der Waals surface area contributed by atoms with Crippen molar-refractivity contribution in [1.29, 1.82) is 0 Å². The highest BCUT2D eigenvalue weighted by Crippen LogP contribution is 2.26. The van der Waals surface area contributed by atoms with Crippen LogP contribution in [-0.2, 0) is 9.84 Å². The zero-order valence-electron chi connectivity index (χ0n) is 7.94. The van der Waals surface area contributed by atoms with E-state index in [1.54, 1.807) is 0 Å². The Bertz CT molecular complexity index is 246. The molecule has 0 amide bonds. The Kier molecular flexibility index (Phi) is 3.70. The van der Waals surface area contributed by atoms with Crippen molar-refractivity contribution in [2.75, 3.05) is 31.7 Å². The molecule has 0 aromatic rings. The fourth-order valence-corrected chi connectivity index (χ4v) is 1.89. The van der Waals surface area contributed by atoms with Gasteiger partial charge in [-0.15, -0.1) is 0 Å². The molecule has 1 rings (SSSR count). The van der Waals surface area contributed by atoms with Gasteiger partial charge in [0.05, 0.1) is 12.4 Å². The van der Waals surface area contributed by atoms with Crippen LogP contribution in [0.4, 0.5) is 0 Å². The molecule has 13 heavy (non-hydrogen) atoms. The van der Waals surface area contributed by atoms with Gasteiger partial charge in [-0.1, -0.05) is 0 Å². The first-order valence-electron chi connectivity index (χ1n) is 4.55. The molecule has 0 radical (unpaired) electrons. The second-order valence-electron chi connectivity index (χ2n) is 3.62. The molecular weight excluding hydrogens is 190 g/mol. The molecule has 1 N–H and O–H groups in total. The van der Waals surface area contributed by atoms with Crippen molar-refractivity contribution < 1.29 is 13.5 Å². The number of hydrogen-bond donors (Lipinski definition) is 1. The maximum Gasteiger partial charge on any atom is 0.148 e.